The third-order valence-electron chi connectivity index (χ3n) is 6.35. The predicted octanol–water partition coefficient (Wildman–Crippen LogP) is 4.10. The Morgan fingerprint density at radius 1 is 0.976 bits per heavy atom. The van der Waals surface area contributed by atoms with Gasteiger partial charge in [0, 0.05) is 18.4 Å². The summed E-state index contributed by atoms with van der Waals surface area (Å²) in [4.78, 5) is 30.3. The third-order valence-corrected chi connectivity index (χ3v) is 6.35. The smallest absolute Gasteiger partial charge is 0.273 e. The molecular formula is C28H26N10O3. The topological polar surface area (TPSA) is 173 Å². The Labute approximate surface area is 233 Å². The van der Waals surface area contributed by atoms with Gasteiger partial charge in [-0.25, -0.2) is 9.97 Å². The second-order valence-electron chi connectivity index (χ2n) is 9.47. The van der Waals surface area contributed by atoms with E-state index in [4.69, 9.17) is 4.42 Å². The van der Waals surface area contributed by atoms with Gasteiger partial charge >= 0.3 is 0 Å². The predicted molar refractivity (Wildman–Crippen MR) is 152 cm³/mol. The van der Waals surface area contributed by atoms with Crippen molar-refractivity contribution in [1.29, 1.82) is 0 Å². The molecule has 4 N–H and O–H groups in total. The summed E-state index contributed by atoms with van der Waals surface area (Å²) >= 11 is 0. The minimum atomic E-state index is -0.481. The molecule has 0 fully saturated rings. The van der Waals surface area contributed by atoms with Crippen LogP contribution in [0.4, 0.5) is 17.6 Å². The molecule has 0 bridgehead atoms. The first-order valence-electron chi connectivity index (χ1n) is 12.9. The number of H-pyrrole nitrogens is 1. The zero-order valence-electron chi connectivity index (χ0n) is 22.2. The van der Waals surface area contributed by atoms with E-state index < -0.39 is 6.04 Å². The van der Waals surface area contributed by atoms with Crippen LogP contribution in [0.5, 0.6) is 0 Å². The fourth-order valence-electron chi connectivity index (χ4n) is 4.31. The Kier molecular flexibility index (Phi) is 6.92. The Bertz CT molecular complexity index is 1850. The van der Waals surface area contributed by atoms with Crippen molar-refractivity contribution in [3.63, 3.8) is 0 Å². The first kappa shape index (κ1) is 25.8. The first-order valence-corrected chi connectivity index (χ1v) is 12.9. The molecule has 5 aromatic heterocycles. The summed E-state index contributed by atoms with van der Waals surface area (Å²) in [6.07, 6.45) is 3.19. The van der Waals surface area contributed by atoms with E-state index in [0.717, 1.165) is 5.56 Å². The molecule has 0 aliphatic heterocycles. The van der Waals surface area contributed by atoms with E-state index in [1.54, 1.807) is 41.3 Å². The van der Waals surface area contributed by atoms with Crippen LogP contribution in [0, 0.1) is 0 Å². The van der Waals surface area contributed by atoms with Gasteiger partial charge in [0.05, 0.1) is 23.6 Å². The van der Waals surface area contributed by atoms with E-state index in [1.165, 1.54) is 0 Å². The van der Waals surface area contributed by atoms with Gasteiger partial charge in [-0.3, -0.25) is 19.6 Å². The molecule has 0 amide bonds. The van der Waals surface area contributed by atoms with Crippen LogP contribution in [0.1, 0.15) is 31.5 Å². The molecule has 206 valence electrons. The van der Waals surface area contributed by atoms with Gasteiger partial charge in [0.1, 0.15) is 17.3 Å². The zero-order chi connectivity index (χ0) is 28.3. The Morgan fingerprint density at radius 2 is 1.78 bits per heavy atom. The van der Waals surface area contributed by atoms with E-state index >= 15 is 0 Å². The Balaban J connectivity index is 1.38. The number of aliphatic hydroxyl groups is 1. The van der Waals surface area contributed by atoms with E-state index in [1.807, 2.05) is 50.2 Å². The van der Waals surface area contributed by atoms with Gasteiger partial charge in [-0.05, 0) is 43.7 Å². The van der Waals surface area contributed by atoms with Crippen molar-refractivity contribution in [3.8, 4) is 23.0 Å². The van der Waals surface area contributed by atoms with Crippen LogP contribution in [0.2, 0.25) is 0 Å². The second-order valence-corrected chi connectivity index (χ2v) is 9.47. The number of fused-ring (bicyclic) bond motifs is 1. The van der Waals surface area contributed by atoms with Crippen LogP contribution in [-0.4, -0.2) is 51.6 Å². The number of nitrogens with one attached hydrogen (secondary N) is 3. The molecule has 0 spiro atoms. The number of benzene rings is 1. The summed E-state index contributed by atoms with van der Waals surface area (Å²) < 4.78 is 7.63. The maximum Gasteiger partial charge on any atom is 0.273 e. The largest absolute Gasteiger partial charge is 0.414 e. The Hall–Kier alpha value is -5.43. The quantitative estimate of drug-likeness (QED) is 0.204. The number of hydrogen-bond donors (Lipinski definition) is 4. The summed E-state index contributed by atoms with van der Waals surface area (Å²) in [5, 5.41) is 28.2. The maximum atomic E-state index is 12.3. The second kappa shape index (κ2) is 11.0. The van der Waals surface area contributed by atoms with E-state index in [0.29, 0.717) is 33.9 Å². The lowest BCUT2D eigenvalue weighted by molar-refractivity contribution is 0.276. The van der Waals surface area contributed by atoms with Gasteiger partial charge in [0.15, 0.2) is 5.65 Å². The lowest BCUT2D eigenvalue weighted by Crippen LogP contribution is -2.17. The molecule has 0 unspecified atom stereocenters. The number of aromatic amines is 1. The molecule has 0 aliphatic carbocycles. The molecule has 1 atom stereocenters. The fraction of sp³-hybridized carbons (Fsp3) is 0.179. The van der Waals surface area contributed by atoms with Crippen LogP contribution in [0.3, 0.4) is 0 Å². The molecule has 5 heterocycles. The highest BCUT2D eigenvalue weighted by Gasteiger charge is 2.21. The van der Waals surface area contributed by atoms with Crippen LogP contribution < -0.4 is 16.2 Å². The van der Waals surface area contributed by atoms with Gasteiger partial charge in [0.2, 0.25) is 5.95 Å². The van der Waals surface area contributed by atoms with Crippen LogP contribution in [-0.2, 0) is 0 Å². The van der Waals surface area contributed by atoms with E-state index in [2.05, 4.69) is 45.9 Å². The average molecular weight is 551 g/mol. The number of pyridine rings is 2. The van der Waals surface area contributed by atoms with Crippen molar-refractivity contribution < 1.29 is 9.52 Å². The van der Waals surface area contributed by atoms with Crippen molar-refractivity contribution in [3.05, 3.63) is 89.0 Å². The maximum absolute atomic E-state index is 12.3. The first-order chi connectivity index (χ1) is 20.0. The number of hydrogen-bond acceptors (Lipinski definition) is 11. The fourth-order valence-corrected chi connectivity index (χ4v) is 4.31. The molecule has 1 aromatic carbocycles. The highest BCUT2D eigenvalue weighted by Crippen LogP contribution is 2.31. The lowest BCUT2D eigenvalue weighted by atomic mass is 10.1. The van der Waals surface area contributed by atoms with Gasteiger partial charge in [0.25, 0.3) is 17.3 Å². The number of rotatable bonds is 9. The number of aromatic nitrogens is 8. The minimum Gasteiger partial charge on any atom is -0.414 e. The SMILES string of the molecule is CC(C)n1[nH]c(=O)c2ccc(Nc3ncc(-c4nnc(-c5ccccn5)o4)c(N[C@H](CO)c4ccccc4)n3)nc21. The summed E-state index contributed by atoms with van der Waals surface area (Å²) in [6, 6.07) is 17.8. The standard InChI is InChI=1S/C28H26N10O3/c1-16(2)38-24-18(25(40)37-38)11-12-22(32-24)33-28-30-14-19(26-35-36-27(41-26)20-10-6-7-13-29-20)23(34-28)31-21(15-39)17-8-4-3-5-9-17/h3-14,16,21,39H,15H2,1-2H3,(H,37,40)(H2,30,31,32,33,34)/t21-/m1/s1. The van der Waals surface area contributed by atoms with Crippen molar-refractivity contribution >= 4 is 28.6 Å². The highest BCUT2D eigenvalue weighted by atomic mass is 16.4. The third kappa shape index (κ3) is 5.25. The van der Waals surface area contributed by atoms with Crippen molar-refractivity contribution in [1.82, 2.24) is 39.9 Å². The zero-order valence-corrected chi connectivity index (χ0v) is 22.2. The van der Waals surface area contributed by atoms with Crippen molar-refractivity contribution in [2.24, 2.45) is 0 Å². The molecule has 13 nitrogen and oxygen atoms in total. The normalized spacial score (nSPS) is 12.1. The molecule has 41 heavy (non-hydrogen) atoms. The molecule has 0 aliphatic rings. The molecule has 0 radical (unpaired) electrons. The van der Waals surface area contributed by atoms with Gasteiger partial charge < -0.3 is 20.2 Å². The lowest BCUT2D eigenvalue weighted by Gasteiger charge is -2.19. The molecule has 13 heteroatoms. The minimum absolute atomic E-state index is 0.00747. The number of aliphatic hydroxyl groups excluding tert-OH is 1. The van der Waals surface area contributed by atoms with E-state index in [-0.39, 0.29) is 35.9 Å². The molecule has 0 saturated carbocycles. The van der Waals surface area contributed by atoms with Crippen LogP contribution in [0.25, 0.3) is 34.1 Å². The van der Waals surface area contributed by atoms with Gasteiger partial charge in [-0.2, -0.15) is 4.98 Å². The molecule has 0 saturated heterocycles. The van der Waals surface area contributed by atoms with Crippen LogP contribution in [0.15, 0.2) is 82.3 Å². The number of nitrogens with zero attached hydrogens (tertiary/aromatic N) is 7. The highest BCUT2D eigenvalue weighted by molar-refractivity contribution is 5.77. The van der Waals surface area contributed by atoms with E-state index in [9.17, 15) is 9.90 Å². The molecular weight excluding hydrogens is 524 g/mol. The Morgan fingerprint density at radius 3 is 2.54 bits per heavy atom. The van der Waals surface area contributed by atoms with Crippen LogP contribution >= 0.6 is 0 Å². The summed E-state index contributed by atoms with van der Waals surface area (Å²) in [6.45, 7) is 3.72. The number of anilines is 3. The summed E-state index contributed by atoms with van der Waals surface area (Å²) in [7, 11) is 0. The summed E-state index contributed by atoms with van der Waals surface area (Å²) in [5.74, 6) is 1.45. The molecule has 6 rings (SSSR count). The average Bonchev–Trinajstić information content (AvgIpc) is 3.62. The summed E-state index contributed by atoms with van der Waals surface area (Å²) in [5.41, 5.74) is 2.13. The molecule has 6 aromatic rings. The van der Waals surface area contributed by atoms with Crippen molar-refractivity contribution in [2.75, 3.05) is 17.2 Å². The van der Waals surface area contributed by atoms with Crippen molar-refractivity contribution in [2.45, 2.75) is 25.9 Å². The van der Waals surface area contributed by atoms with Gasteiger partial charge in [-0.15, -0.1) is 10.2 Å². The van der Waals surface area contributed by atoms with Gasteiger partial charge in [-0.1, -0.05) is 36.4 Å². The monoisotopic (exact) mass is 550 g/mol.